The fourth-order valence-corrected chi connectivity index (χ4v) is 1.90. The van der Waals surface area contributed by atoms with Crippen molar-refractivity contribution in [1.82, 2.24) is 10.3 Å². The molecule has 1 fully saturated rings. The standard InChI is InChI=1S/C10H14BrN3/c11-10-2-1-9(7-13-10)14-8-3-5-12-6-4-8/h1-2,7-8,12,14H,3-6H2. The molecule has 76 valence electrons. The molecule has 0 radical (unpaired) electrons. The molecule has 0 amide bonds. The summed E-state index contributed by atoms with van der Waals surface area (Å²) < 4.78 is 0.883. The van der Waals surface area contributed by atoms with Crippen LogP contribution in [0.3, 0.4) is 0 Å². The van der Waals surface area contributed by atoms with E-state index in [0.29, 0.717) is 6.04 Å². The van der Waals surface area contributed by atoms with Gasteiger partial charge in [-0.25, -0.2) is 4.98 Å². The summed E-state index contributed by atoms with van der Waals surface area (Å²) in [5.74, 6) is 0. The maximum absolute atomic E-state index is 4.18. The largest absolute Gasteiger partial charge is 0.381 e. The molecule has 3 nitrogen and oxygen atoms in total. The molecule has 0 aliphatic carbocycles. The van der Waals surface area contributed by atoms with Gasteiger partial charge < -0.3 is 10.6 Å². The van der Waals surface area contributed by atoms with E-state index in [4.69, 9.17) is 0 Å². The summed E-state index contributed by atoms with van der Waals surface area (Å²) in [7, 11) is 0. The van der Waals surface area contributed by atoms with Crippen LogP contribution in [0.15, 0.2) is 22.9 Å². The zero-order valence-corrected chi connectivity index (χ0v) is 9.55. The Hall–Kier alpha value is -0.610. The molecular formula is C10H14BrN3. The van der Waals surface area contributed by atoms with E-state index in [2.05, 4.69) is 37.6 Å². The van der Waals surface area contributed by atoms with Gasteiger partial charge in [0.05, 0.1) is 11.9 Å². The number of nitrogens with one attached hydrogen (secondary N) is 2. The minimum absolute atomic E-state index is 0.597. The van der Waals surface area contributed by atoms with Crippen LogP contribution in [0.4, 0.5) is 5.69 Å². The van der Waals surface area contributed by atoms with Gasteiger partial charge in [0, 0.05) is 6.04 Å². The van der Waals surface area contributed by atoms with E-state index in [0.717, 1.165) is 23.4 Å². The van der Waals surface area contributed by atoms with Gasteiger partial charge in [-0.1, -0.05) is 0 Å². The van der Waals surface area contributed by atoms with Gasteiger partial charge in [-0.3, -0.25) is 0 Å². The van der Waals surface area contributed by atoms with Crippen molar-refractivity contribution in [2.75, 3.05) is 18.4 Å². The molecule has 1 saturated heterocycles. The van der Waals surface area contributed by atoms with Crippen LogP contribution in [0.2, 0.25) is 0 Å². The first-order valence-electron chi connectivity index (χ1n) is 4.93. The molecule has 14 heavy (non-hydrogen) atoms. The van der Waals surface area contributed by atoms with Gasteiger partial charge in [0.2, 0.25) is 0 Å². The number of aromatic nitrogens is 1. The quantitative estimate of drug-likeness (QED) is 0.795. The lowest BCUT2D eigenvalue weighted by atomic mass is 10.1. The van der Waals surface area contributed by atoms with Gasteiger partial charge in [0.25, 0.3) is 0 Å². The minimum Gasteiger partial charge on any atom is -0.381 e. The molecule has 1 aliphatic rings. The molecule has 0 unspecified atom stereocenters. The average molecular weight is 256 g/mol. The number of hydrogen-bond acceptors (Lipinski definition) is 3. The van der Waals surface area contributed by atoms with Crippen LogP contribution in [-0.2, 0) is 0 Å². The highest BCUT2D eigenvalue weighted by molar-refractivity contribution is 9.10. The molecule has 4 heteroatoms. The van der Waals surface area contributed by atoms with Crippen molar-refractivity contribution >= 4 is 21.6 Å². The number of nitrogens with zero attached hydrogens (tertiary/aromatic N) is 1. The molecule has 1 aromatic rings. The fraction of sp³-hybridized carbons (Fsp3) is 0.500. The molecule has 0 aromatic carbocycles. The Kier molecular flexibility index (Phi) is 3.37. The smallest absolute Gasteiger partial charge is 0.106 e. The van der Waals surface area contributed by atoms with Crippen molar-refractivity contribution < 1.29 is 0 Å². The van der Waals surface area contributed by atoms with Gasteiger partial charge in [-0.15, -0.1) is 0 Å². The molecule has 2 rings (SSSR count). The number of pyridine rings is 1. The maximum atomic E-state index is 4.18. The normalized spacial score (nSPS) is 18.1. The second-order valence-electron chi connectivity index (χ2n) is 3.54. The van der Waals surface area contributed by atoms with E-state index >= 15 is 0 Å². The van der Waals surface area contributed by atoms with Gasteiger partial charge >= 0.3 is 0 Å². The SMILES string of the molecule is Brc1ccc(NC2CCNCC2)cn1. The van der Waals surface area contributed by atoms with Crippen LogP contribution >= 0.6 is 15.9 Å². The summed E-state index contributed by atoms with van der Waals surface area (Å²) in [6, 6.07) is 4.61. The molecule has 0 atom stereocenters. The summed E-state index contributed by atoms with van der Waals surface area (Å²) in [6.07, 6.45) is 4.25. The molecule has 1 aliphatic heterocycles. The van der Waals surface area contributed by atoms with Crippen molar-refractivity contribution in [3.63, 3.8) is 0 Å². The average Bonchev–Trinajstić information content (AvgIpc) is 2.23. The van der Waals surface area contributed by atoms with Crippen molar-refractivity contribution in [3.05, 3.63) is 22.9 Å². The van der Waals surface area contributed by atoms with E-state index < -0.39 is 0 Å². The number of anilines is 1. The summed E-state index contributed by atoms with van der Waals surface area (Å²) >= 11 is 3.32. The predicted molar refractivity (Wildman–Crippen MR) is 61.5 cm³/mol. The Morgan fingerprint density at radius 3 is 2.79 bits per heavy atom. The van der Waals surface area contributed by atoms with E-state index in [9.17, 15) is 0 Å². The number of halogens is 1. The predicted octanol–water partition coefficient (Wildman–Crippen LogP) is 2.01. The lowest BCUT2D eigenvalue weighted by Gasteiger charge is -2.24. The molecule has 1 aromatic heterocycles. The van der Waals surface area contributed by atoms with Crippen LogP contribution < -0.4 is 10.6 Å². The number of piperidine rings is 1. The highest BCUT2D eigenvalue weighted by atomic mass is 79.9. The summed E-state index contributed by atoms with van der Waals surface area (Å²) in [5, 5.41) is 6.83. The monoisotopic (exact) mass is 255 g/mol. The van der Waals surface area contributed by atoms with Crippen LogP contribution in [0.1, 0.15) is 12.8 Å². The lowest BCUT2D eigenvalue weighted by Crippen LogP contribution is -2.35. The van der Waals surface area contributed by atoms with Crippen molar-refractivity contribution in [3.8, 4) is 0 Å². The van der Waals surface area contributed by atoms with Crippen molar-refractivity contribution in [1.29, 1.82) is 0 Å². The second-order valence-corrected chi connectivity index (χ2v) is 4.35. The third kappa shape index (κ3) is 2.69. The van der Waals surface area contributed by atoms with Gasteiger partial charge in [-0.05, 0) is 54.0 Å². The highest BCUT2D eigenvalue weighted by Crippen LogP contribution is 2.14. The molecular weight excluding hydrogens is 242 g/mol. The summed E-state index contributed by atoms with van der Waals surface area (Å²) in [5.41, 5.74) is 1.11. The van der Waals surface area contributed by atoms with Crippen molar-refractivity contribution in [2.45, 2.75) is 18.9 Å². The van der Waals surface area contributed by atoms with Crippen LogP contribution in [0.25, 0.3) is 0 Å². The van der Waals surface area contributed by atoms with Crippen LogP contribution in [0, 0.1) is 0 Å². The van der Waals surface area contributed by atoms with E-state index in [1.54, 1.807) is 0 Å². The molecule has 0 spiro atoms. The summed E-state index contributed by atoms with van der Waals surface area (Å²) in [6.45, 7) is 2.23. The maximum Gasteiger partial charge on any atom is 0.106 e. The van der Waals surface area contributed by atoms with Crippen molar-refractivity contribution in [2.24, 2.45) is 0 Å². The van der Waals surface area contributed by atoms with Crippen LogP contribution in [0.5, 0.6) is 0 Å². The topological polar surface area (TPSA) is 37.0 Å². The van der Waals surface area contributed by atoms with Gasteiger partial charge in [0.1, 0.15) is 4.60 Å². The van der Waals surface area contributed by atoms with E-state index in [-0.39, 0.29) is 0 Å². The Labute approximate surface area is 92.4 Å². The lowest BCUT2D eigenvalue weighted by molar-refractivity contribution is 0.479. The van der Waals surface area contributed by atoms with Gasteiger partial charge in [0.15, 0.2) is 0 Å². The third-order valence-corrected chi connectivity index (χ3v) is 2.91. The first-order valence-corrected chi connectivity index (χ1v) is 5.73. The number of rotatable bonds is 2. The zero-order valence-electron chi connectivity index (χ0n) is 7.96. The minimum atomic E-state index is 0.597. The third-order valence-electron chi connectivity index (χ3n) is 2.44. The Morgan fingerprint density at radius 1 is 1.36 bits per heavy atom. The second kappa shape index (κ2) is 4.75. The first kappa shape index (κ1) is 9.93. The molecule has 2 heterocycles. The van der Waals surface area contributed by atoms with E-state index in [1.807, 2.05) is 12.3 Å². The van der Waals surface area contributed by atoms with Crippen LogP contribution in [-0.4, -0.2) is 24.1 Å². The Balaban J connectivity index is 1.92. The molecule has 2 N–H and O–H groups in total. The number of hydrogen-bond donors (Lipinski definition) is 2. The van der Waals surface area contributed by atoms with Gasteiger partial charge in [-0.2, -0.15) is 0 Å². The van der Waals surface area contributed by atoms with E-state index in [1.165, 1.54) is 12.8 Å². The first-order chi connectivity index (χ1) is 6.84. The molecule has 0 bridgehead atoms. The fourth-order valence-electron chi connectivity index (χ4n) is 1.66. The summed E-state index contributed by atoms with van der Waals surface area (Å²) in [4.78, 5) is 4.18. The molecule has 0 saturated carbocycles. The zero-order chi connectivity index (χ0) is 9.80. The highest BCUT2D eigenvalue weighted by Gasteiger charge is 2.11. The Morgan fingerprint density at radius 2 is 2.14 bits per heavy atom. The Bertz CT molecular complexity index is 280.